The van der Waals surface area contributed by atoms with Gasteiger partial charge >= 0.3 is 0 Å². The van der Waals surface area contributed by atoms with Crippen LogP contribution in [0, 0.1) is 5.82 Å². The van der Waals surface area contributed by atoms with Crippen LogP contribution in [0.1, 0.15) is 24.0 Å². The highest BCUT2D eigenvalue weighted by molar-refractivity contribution is 5.66. The van der Waals surface area contributed by atoms with Gasteiger partial charge in [-0.05, 0) is 61.1 Å². The van der Waals surface area contributed by atoms with Crippen molar-refractivity contribution in [1.29, 1.82) is 0 Å². The van der Waals surface area contributed by atoms with E-state index >= 15 is 0 Å². The molecule has 0 aromatic heterocycles. The standard InChI is InChI=1S/C23H30FN3/c1-25(2)22-8-5-19-10-16-27(23(19)17-22)21-11-14-26(15-12-21)13-9-18-3-6-20(24)7-4-18/h3-8,17,21H,9-16H2,1-2H3. The molecular formula is C23H30FN3. The van der Waals surface area contributed by atoms with E-state index in [9.17, 15) is 4.39 Å². The summed E-state index contributed by atoms with van der Waals surface area (Å²) < 4.78 is 13.0. The summed E-state index contributed by atoms with van der Waals surface area (Å²) >= 11 is 0. The lowest BCUT2D eigenvalue weighted by atomic mass is 10.0. The first-order valence-corrected chi connectivity index (χ1v) is 10.1. The first kappa shape index (κ1) is 18.3. The first-order chi connectivity index (χ1) is 13.1. The van der Waals surface area contributed by atoms with Crippen LogP contribution < -0.4 is 9.80 Å². The summed E-state index contributed by atoms with van der Waals surface area (Å²) in [4.78, 5) is 7.40. The minimum Gasteiger partial charge on any atom is -0.378 e. The van der Waals surface area contributed by atoms with Gasteiger partial charge in [0.05, 0.1) is 0 Å². The molecule has 1 saturated heterocycles. The van der Waals surface area contributed by atoms with Crippen molar-refractivity contribution in [1.82, 2.24) is 4.90 Å². The van der Waals surface area contributed by atoms with E-state index in [1.54, 1.807) is 12.1 Å². The number of nitrogens with zero attached hydrogens (tertiary/aromatic N) is 3. The molecule has 0 spiro atoms. The highest BCUT2D eigenvalue weighted by atomic mass is 19.1. The lowest BCUT2D eigenvalue weighted by molar-refractivity contribution is 0.212. The zero-order valence-electron chi connectivity index (χ0n) is 16.5. The van der Waals surface area contributed by atoms with Crippen LogP contribution in [0.25, 0.3) is 0 Å². The van der Waals surface area contributed by atoms with Gasteiger partial charge in [0.25, 0.3) is 0 Å². The average Bonchev–Trinajstić information content (AvgIpc) is 3.11. The number of fused-ring (bicyclic) bond motifs is 1. The van der Waals surface area contributed by atoms with E-state index in [0.717, 1.165) is 32.6 Å². The minimum atomic E-state index is -0.150. The molecule has 0 saturated carbocycles. The van der Waals surface area contributed by atoms with Crippen molar-refractivity contribution in [3.8, 4) is 0 Å². The molecule has 2 aliphatic rings. The summed E-state index contributed by atoms with van der Waals surface area (Å²) in [5.41, 5.74) is 5.46. The van der Waals surface area contributed by atoms with Crippen molar-refractivity contribution in [2.75, 3.05) is 50.1 Å². The molecule has 3 nitrogen and oxygen atoms in total. The van der Waals surface area contributed by atoms with Crippen molar-refractivity contribution in [2.24, 2.45) is 0 Å². The summed E-state index contributed by atoms with van der Waals surface area (Å²) in [7, 11) is 4.22. The topological polar surface area (TPSA) is 9.72 Å². The SMILES string of the molecule is CN(C)c1ccc2c(c1)N(C1CCN(CCc3ccc(F)cc3)CC1)CC2. The maximum absolute atomic E-state index is 13.0. The van der Waals surface area contributed by atoms with Crippen molar-refractivity contribution in [2.45, 2.75) is 31.7 Å². The number of benzene rings is 2. The molecule has 0 N–H and O–H groups in total. The molecule has 0 amide bonds. The molecule has 1 fully saturated rings. The van der Waals surface area contributed by atoms with Crippen LogP contribution in [-0.2, 0) is 12.8 Å². The zero-order valence-corrected chi connectivity index (χ0v) is 16.5. The molecule has 0 unspecified atom stereocenters. The van der Waals surface area contributed by atoms with Gasteiger partial charge in [-0.2, -0.15) is 0 Å². The lowest BCUT2D eigenvalue weighted by Gasteiger charge is -2.38. The largest absolute Gasteiger partial charge is 0.378 e. The van der Waals surface area contributed by atoms with Gasteiger partial charge in [-0.15, -0.1) is 0 Å². The van der Waals surface area contributed by atoms with Crippen LogP contribution in [0.2, 0.25) is 0 Å². The van der Waals surface area contributed by atoms with Gasteiger partial charge in [0, 0.05) is 57.7 Å². The number of likely N-dealkylation sites (tertiary alicyclic amines) is 1. The Bertz CT molecular complexity index is 764. The fraction of sp³-hybridized carbons (Fsp3) is 0.478. The second kappa shape index (κ2) is 7.89. The third-order valence-electron chi connectivity index (χ3n) is 6.14. The smallest absolute Gasteiger partial charge is 0.123 e. The Kier molecular flexibility index (Phi) is 5.35. The van der Waals surface area contributed by atoms with E-state index in [4.69, 9.17) is 0 Å². The monoisotopic (exact) mass is 367 g/mol. The molecule has 4 heteroatoms. The number of halogens is 1. The second-order valence-electron chi connectivity index (χ2n) is 8.10. The molecular weight excluding hydrogens is 337 g/mol. The highest BCUT2D eigenvalue weighted by Crippen LogP contribution is 2.35. The Morgan fingerprint density at radius 2 is 1.74 bits per heavy atom. The molecule has 144 valence electrons. The minimum absolute atomic E-state index is 0.150. The molecule has 2 aromatic carbocycles. The number of hydrogen-bond donors (Lipinski definition) is 0. The lowest BCUT2D eigenvalue weighted by Crippen LogP contribution is -2.45. The van der Waals surface area contributed by atoms with Crippen molar-refractivity contribution in [3.05, 3.63) is 59.4 Å². The number of rotatable bonds is 5. The van der Waals surface area contributed by atoms with E-state index < -0.39 is 0 Å². The maximum atomic E-state index is 13.0. The summed E-state index contributed by atoms with van der Waals surface area (Å²) in [5.74, 6) is -0.150. The van der Waals surface area contributed by atoms with E-state index in [0.29, 0.717) is 6.04 Å². The van der Waals surface area contributed by atoms with Crippen molar-refractivity contribution >= 4 is 11.4 Å². The number of piperidine rings is 1. The Morgan fingerprint density at radius 1 is 1.00 bits per heavy atom. The fourth-order valence-corrected chi connectivity index (χ4v) is 4.44. The Labute approximate surface area is 162 Å². The fourth-order valence-electron chi connectivity index (χ4n) is 4.44. The van der Waals surface area contributed by atoms with Gasteiger partial charge in [0.2, 0.25) is 0 Å². The quantitative estimate of drug-likeness (QED) is 0.792. The summed E-state index contributed by atoms with van der Waals surface area (Å²) in [6.07, 6.45) is 4.64. The molecule has 2 heterocycles. The molecule has 2 aromatic rings. The summed E-state index contributed by atoms with van der Waals surface area (Å²) in [5, 5.41) is 0. The third kappa shape index (κ3) is 4.11. The number of hydrogen-bond acceptors (Lipinski definition) is 3. The van der Waals surface area contributed by atoms with Gasteiger partial charge in [0.15, 0.2) is 0 Å². The van der Waals surface area contributed by atoms with Crippen LogP contribution in [0.5, 0.6) is 0 Å². The molecule has 0 aliphatic carbocycles. The second-order valence-corrected chi connectivity index (χ2v) is 8.10. The van der Waals surface area contributed by atoms with Crippen LogP contribution in [0.4, 0.5) is 15.8 Å². The van der Waals surface area contributed by atoms with E-state index in [-0.39, 0.29) is 5.82 Å². The first-order valence-electron chi connectivity index (χ1n) is 10.1. The molecule has 27 heavy (non-hydrogen) atoms. The van der Waals surface area contributed by atoms with Gasteiger partial charge in [-0.3, -0.25) is 0 Å². The Morgan fingerprint density at radius 3 is 2.44 bits per heavy atom. The van der Waals surface area contributed by atoms with Crippen LogP contribution >= 0.6 is 0 Å². The highest BCUT2D eigenvalue weighted by Gasteiger charge is 2.29. The van der Waals surface area contributed by atoms with E-state index in [1.807, 2.05) is 12.1 Å². The maximum Gasteiger partial charge on any atom is 0.123 e. The normalized spacial score (nSPS) is 18.0. The Hall–Kier alpha value is -2.07. The van der Waals surface area contributed by atoms with E-state index in [1.165, 1.54) is 41.8 Å². The summed E-state index contributed by atoms with van der Waals surface area (Å²) in [6.45, 7) is 4.54. The van der Waals surface area contributed by atoms with Crippen LogP contribution in [-0.4, -0.2) is 51.2 Å². The van der Waals surface area contributed by atoms with Crippen molar-refractivity contribution < 1.29 is 4.39 Å². The molecule has 0 bridgehead atoms. The molecule has 4 rings (SSSR count). The average molecular weight is 368 g/mol. The van der Waals surface area contributed by atoms with Crippen LogP contribution in [0.3, 0.4) is 0 Å². The van der Waals surface area contributed by atoms with E-state index in [2.05, 4.69) is 47.0 Å². The van der Waals surface area contributed by atoms with Gasteiger partial charge in [-0.1, -0.05) is 18.2 Å². The predicted octanol–water partition coefficient (Wildman–Crippen LogP) is 3.96. The van der Waals surface area contributed by atoms with Gasteiger partial charge < -0.3 is 14.7 Å². The molecule has 0 atom stereocenters. The van der Waals surface area contributed by atoms with Crippen molar-refractivity contribution in [3.63, 3.8) is 0 Å². The molecule has 0 radical (unpaired) electrons. The zero-order chi connectivity index (χ0) is 18.8. The van der Waals surface area contributed by atoms with Crippen LogP contribution in [0.15, 0.2) is 42.5 Å². The molecule has 2 aliphatic heterocycles. The van der Waals surface area contributed by atoms with Gasteiger partial charge in [-0.25, -0.2) is 4.39 Å². The summed E-state index contributed by atoms with van der Waals surface area (Å²) in [6, 6.07) is 14.5. The number of anilines is 2. The van der Waals surface area contributed by atoms with Gasteiger partial charge in [0.1, 0.15) is 5.82 Å². The predicted molar refractivity (Wildman–Crippen MR) is 111 cm³/mol. The third-order valence-corrected chi connectivity index (χ3v) is 6.14. The Balaban J connectivity index is 1.32.